The Morgan fingerprint density at radius 3 is 2.56 bits per heavy atom. The molecule has 0 atom stereocenters. The SMILES string of the molecule is CC(Nc1ccc(C)cc1)=C1CCOC1=O. The number of anilines is 1. The number of cyclic esters (lactones) is 1. The number of aryl methyl sites for hydroxylation is 1. The molecule has 0 radical (unpaired) electrons. The second kappa shape index (κ2) is 4.39. The average molecular weight is 217 g/mol. The normalized spacial score (nSPS) is 18.2. The Hall–Kier alpha value is -1.77. The van der Waals surface area contributed by atoms with Crippen molar-refractivity contribution in [2.75, 3.05) is 11.9 Å². The van der Waals surface area contributed by atoms with Gasteiger partial charge in [0, 0.05) is 17.8 Å². The van der Waals surface area contributed by atoms with E-state index in [2.05, 4.69) is 5.32 Å². The molecule has 1 heterocycles. The van der Waals surface area contributed by atoms with Gasteiger partial charge >= 0.3 is 5.97 Å². The first kappa shape index (κ1) is 10.7. The molecule has 16 heavy (non-hydrogen) atoms. The van der Waals surface area contributed by atoms with Crippen LogP contribution in [0.2, 0.25) is 0 Å². The smallest absolute Gasteiger partial charge is 0.335 e. The lowest BCUT2D eigenvalue weighted by Gasteiger charge is -2.08. The van der Waals surface area contributed by atoms with Gasteiger partial charge in [-0.25, -0.2) is 4.79 Å². The number of hydrogen-bond donors (Lipinski definition) is 1. The number of carbonyl (C=O) groups excluding carboxylic acids is 1. The minimum absolute atomic E-state index is 0.197. The number of hydrogen-bond acceptors (Lipinski definition) is 3. The van der Waals surface area contributed by atoms with Gasteiger partial charge in [0.2, 0.25) is 0 Å². The highest BCUT2D eigenvalue weighted by Crippen LogP contribution is 2.19. The summed E-state index contributed by atoms with van der Waals surface area (Å²) in [5, 5.41) is 3.22. The molecule has 1 aromatic rings. The number of benzene rings is 1. The van der Waals surface area contributed by atoms with Crippen LogP contribution in [-0.4, -0.2) is 12.6 Å². The van der Waals surface area contributed by atoms with Crippen molar-refractivity contribution in [1.29, 1.82) is 0 Å². The molecule has 0 aliphatic carbocycles. The van der Waals surface area contributed by atoms with Crippen LogP contribution in [0.1, 0.15) is 18.9 Å². The van der Waals surface area contributed by atoms with Gasteiger partial charge in [-0.1, -0.05) is 17.7 Å². The third-order valence-corrected chi connectivity index (χ3v) is 2.67. The van der Waals surface area contributed by atoms with E-state index in [9.17, 15) is 4.79 Å². The minimum Gasteiger partial charge on any atom is -0.462 e. The Morgan fingerprint density at radius 1 is 1.31 bits per heavy atom. The first-order valence-electron chi connectivity index (χ1n) is 5.37. The Kier molecular flexibility index (Phi) is 2.95. The van der Waals surface area contributed by atoms with Crippen LogP contribution in [0.5, 0.6) is 0 Å². The summed E-state index contributed by atoms with van der Waals surface area (Å²) in [6, 6.07) is 8.07. The topological polar surface area (TPSA) is 38.3 Å². The maximum Gasteiger partial charge on any atom is 0.335 e. The summed E-state index contributed by atoms with van der Waals surface area (Å²) in [5.41, 5.74) is 3.85. The van der Waals surface area contributed by atoms with E-state index < -0.39 is 0 Å². The molecule has 0 unspecified atom stereocenters. The fourth-order valence-corrected chi connectivity index (χ4v) is 1.70. The van der Waals surface area contributed by atoms with Gasteiger partial charge in [-0.2, -0.15) is 0 Å². The molecule has 0 bridgehead atoms. The number of rotatable bonds is 2. The molecule has 84 valence electrons. The molecule has 1 aromatic carbocycles. The van der Waals surface area contributed by atoms with Crippen molar-refractivity contribution in [3.8, 4) is 0 Å². The zero-order chi connectivity index (χ0) is 11.5. The molecule has 0 saturated carbocycles. The van der Waals surface area contributed by atoms with Crippen LogP contribution in [0.25, 0.3) is 0 Å². The van der Waals surface area contributed by atoms with Crippen LogP contribution >= 0.6 is 0 Å². The van der Waals surface area contributed by atoms with Crippen LogP contribution < -0.4 is 5.32 Å². The lowest BCUT2D eigenvalue weighted by atomic mass is 10.1. The lowest BCUT2D eigenvalue weighted by molar-refractivity contribution is -0.135. The molecular weight excluding hydrogens is 202 g/mol. The molecule has 0 amide bonds. The highest BCUT2D eigenvalue weighted by atomic mass is 16.5. The van der Waals surface area contributed by atoms with Gasteiger partial charge in [0.25, 0.3) is 0 Å². The predicted octanol–water partition coefficient (Wildman–Crippen LogP) is 2.63. The summed E-state index contributed by atoms with van der Waals surface area (Å²) in [7, 11) is 0. The van der Waals surface area contributed by atoms with Gasteiger partial charge in [0.15, 0.2) is 0 Å². The van der Waals surface area contributed by atoms with E-state index in [1.54, 1.807) is 0 Å². The third kappa shape index (κ3) is 2.24. The molecule has 3 heteroatoms. The van der Waals surface area contributed by atoms with E-state index in [4.69, 9.17) is 4.74 Å². The summed E-state index contributed by atoms with van der Waals surface area (Å²) in [6.07, 6.45) is 0.698. The monoisotopic (exact) mass is 217 g/mol. The van der Waals surface area contributed by atoms with Crippen LogP contribution in [0.15, 0.2) is 35.5 Å². The summed E-state index contributed by atoms with van der Waals surface area (Å²) in [5.74, 6) is -0.197. The molecule has 1 fully saturated rings. The van der Waals surface area contributed by atoms with E-state index in [1.807, 2.05) is 38.1 Å². The van der Waals surface area contributed by atoms with Crippen molar-refractivity contribution in [2.24, 2.45) is 0 Å². The van der Waals surface area contributed by atoms with E-state index in [0.717, 1.165) is 17.0 Å². The fraction of sp³-hybridized carbons (Fsp3) is 0.308. The summed E-state index contributed by atoms with van der Waals surface area (Å²) in [4.78, 5) is 11.3. The van der Waals surface area contributed by atoms with Crippen molar-refractivity contribution < 1.29 is 9.53 Å². The zero-order valence-corrected chi connectivity index (χ0v) is 9.54. The molecule has 1 saturated heterocycles. The molecule has 2 rings (SSSR count). The largest absolute Gasteiger partial charge is 0.462 e. The van der Waals surface area contributed by atoms with E-state index in [-0.39, 0.29) is 5.97 Å². The van der Waals surface area contributed by atoms with Crippen molar-refractivity contribution >= 4 is 11.7 Å². The molecule has 1 aliphatic heterocycles. The Balaban J connectivity index is 2.15. The van der Waals surface area contributed by atoms with Gasteiger partial charge in [-0.15, -0.1) is 0 Å². The zero-order valence-electron chi connectivity index (χ0n) is 9.54. The van der Waals surface area contributed by atoms with Crippen molar-refractivity contribution in [3.63, 3.8) is 0 Å². The highest BCUT2D eigenvalue weighted by Gasteiger charge is 2.21. The fourth-order valence-electron chi connectivity index (χ4n) is 1.70. The molecule has 1 aliphatic rings. The number of allylic oxidation sites excluding steroid dienone is 1. The summed E-state index contributed by atoms with van der Waals surface area (Å²) < 4.78 is 4.91. The number of carbonyl (C=O) groups is 1. The number of ether oxygens (including phenoxy) is 1. The van der Waals surface area contributed by atoms with Crippen molar-refractivity contribution in [1.82, 2.24) is 0 Å². The standard InChI is InChI=1S/C13H15NO2/c1-9-3-5-11(6-4-9)14-10(2)12-7-8-16-13(12)15/h3-6,14H,7-8H2,1-2H3. The van der Waals surface area contributed by atoms with Crippen LogP contribution in [0, 0.1) is 6.92 Å². The maximum absolute atomic E-state index is 11.3. The first-order valence-corrected chi connectivity index (χ1v) is 5.37. The first-order chi connectivity index (χ1) is 7.66. The Morgan fingerprint density at radius 2 is 2.00 bits per heavy atom. The van der Waals surface area contributed by atoms with Gasteiger partial charge < -0.3 is 10.1 Å². The second-order valence-corrected chi connectivity index (χ2v) is 3.98. The quantitative estimate of drug-likeness (QED) is 0.611. The molecule has 0 aromatic heterocycles. The summed E-state index contributed by atoms with van der Waals surface area (Å²) in [6.45, 7) is 4.45. The van der Waals surface area contributed by atoms with Crippen molar-refractivity contribution in [2.45, 2.75) is 20.3 Å². The molecular formula is C13H15NO2. The van der Waals surface area contributed by atoms with Gasteiger partial charge in [-0.3, -0.25) is 0 Å². The Bertz CT molecular complexity index is 432. The average Bonchev–Trinajstić information content (AvgIpc) is 2.68. The second-order valence-electron chi connectivity index (χ2n) is 3.98. The molecule has 1 N–H and O–H groups in total. The van der Waals surface area contributed by atoms with Gasteiger partial charge in [0.05, 0.1) is 12.2 Å². The summed E-state index contributed by atoms with van der Waals surface area (Å²) >= 11 is 0. The molecule has 0 spiro atoms. The van der Waals surface area contributed by atoms with Crippen LogP contribution in [0.3, 0.4) is 0 Å². The van der Waals surface area contributed by atoms with E-state index in [0.29, 0.717) is 13.0 Å². The Labute approximate surface area is 95.1 Å². The van der Waals surface area contributed by atoms with Crippen molar-refractivity contribution in [3.05, 3.63) is 41.1 Å². The third-order valence-electron chi connectivity index (χ3n) is 2.67. The lowest BCUT2D eigenvalue weighted by Crippen LogP contribution is -2.04. The van der Waals surface area contributed by atoms with E-state index >= 15 is 0 Å². The highest BCUT2D eigenvalue weighted by molar-refractivity contribution is 5.91. The minimum atomic E-state index is -0.197. The van der Waals surface area contributed by atoms with Crippen LogP contribution in [0.4, 0.5) is 5.69 Å². The van der Waals surface area contributed by atoms with Gasteiger partial charge in [-0.05, 0) is 26.0 Å². The van der Waals surface area contributed by atoms with Gasteiger partial charge in [0.1, 0.15) is 0 Å². The maximum atomic E-state index is 11.3. The van der Waals surface area contributed by atoms with E-state index in [1.165, 1.54) is 5.56 Å². The predicted molar refractivity (Wildman–Crippen MR) is 63.1 cm³/mol. The molecule has 3 nitrogen and oxygen atoms in total. The van der Waals surface area contributed by atoms with Crippen LogP contribution in [-0.2, 0) is 9.53 Å². The number of nitrogens with one attached hydrogen (secondary N) is 1. The number of esters is 1.